The highest BCUT2D eigenvalue weighted by Crippen LogP contribution is 2.21. The molecule has 0 bridgehead atoms. The van der Waals surface area contributed by atoms with Crippen LogP contribution in [0.4, 0.5) is 15.8 Å². The molecule has 1 saturated carbocycles. The van der Waals surface area contributed by atoms with Crippen LogP contribution in [0, 0.1) is 5.82 Å². The first-order valence-electron chi connectivity index (χ1n) is 9.91. The molecular weight excluding hydrogens is 433 g/mol. The van der Waals surface area contributed by atoms with Gasteiger partial charge in [0.05, 0.1) is 10.6 Å². The van der Waals surface area contributed by atoms with Crippen LogP contribution in [0.2, 0.25) is 0 Å². The van der Waals surface area contributed by atoms with Crippen LogP contribution in [0.1, 0.15) is 33.6 Å². The van der Waals surface area contributed by atoms with Crippen LogP contribution < -0.4 is 15.4 Å². The number of benzene rings is 3. The second-order valence-electron chi connectivity index (χ2n) is 7.39. The third-order valence-corrected chi connectivity index (χ3v) is 6.21. The lowest BCUT2D eigenvalue weighted by Crippen LogP contribution is -2.25. The van der Waals surface area contributed by atoms with Crippen LogP contribution in [0.15, 0.2) is 77.7 Å². The van der Waals surface area contributed by atoms with Crippen LogP contribution in [-0.4, -0.2) is 26.3 Å². The summed E-state index contributed by atoms with van der Waals surface area (Å²) in [5, 5.41) is 5.55. The molecule has 4 rings (SSSR count). The number of sulfonamides is 1. The van der Waals surface area contributed by atoms with Gasteiger partial charge in [-0.3, -0.25) is 14.3 Å². The van der Waals surface area contributed by atoms with Crippen molar-refractivity contribution in [3.05, 3.63) is 89.7 Å². The number of carbonyl (C=O) groups excluding carboxylic acids is 2. The van der Waals surface area contributed by atoms with E-state index in [4.69, 9.17) is 0 Å². The van der Waals surface area contributed by atoms with Crippen LogP contribution in [0.3, 0.4) is 0 Å². The third-order valence-electron chi connectivity index (χ3n) is 4.84. The van der Waals surface area contributed by atoms with Crippen molar-refractivity contribution in [1.29, 1.82) is 0 Å². The van der Waals surface area contributed by atoms with Gasteiger partial charge >= 0.3 is 0 Å². The number of amides is 2. The maximum atomic E-state index is 13.8. The lowest BCUT2D eigenvalue weighted by molar-refractivity contribution is 0.0950. The minimum Gasteiger partial charge on any atom is -0.349 e. The Morgan fingerprint density at radius 1 is 0.844 bits per heavy atom. The van der Waals surface area contributed by atoms with E-state index in [0.717, 1.165) is 18.9 Å². The summed E-state index contributed by atoms with van der Waals surface area (Å²) in [5.74, 6) is -1.40. The molecule has 0 atom stereocenters. The Bertz CT molecular complexity index is 1270. The first kappa shape index (κ1) is 21.5. The molecule has 0 heterocycles. The molecule has 0 spiro atoms. The number of carbonyl (C=O) groups is 2. The lowest BCUT2D eigenvalue weighted by Gasteiger charge is -2.11. The zero-order valence-electron chi connectivity index (χ0n) is 16.8. The molecule has 0 unspecified atom stereocenters. The SMILES string of the molecule is O=C(Nc1ccc(C(=O)NC2CC2)cc1)c1cccc(S(=O)(=O)Nc2ccccc2F)c1. The van der Waals surface area contributed by atoms with Crippen LogP contribution in [0.5, 0.6) is 0 Å². The standard InChI is InChI=1S/C23H20FN3O4S/c24-20-6-1-2-7-21(20)27-32(30,31)19-5-3-4-16(14-19)23(29)26-17-10-8-15(9-11-17)22(28)25-18-12-13-18/h1-11,14,18,27H,12-13H2,(H,25,28)(H,26,29). The molecule has 1 aliphatic rings. The normalized spacial score (nSPS) is 13.3. The minimum atomic E-state index is -4.10. The number of para-hydroxylation sites is 1. The third kappa shape index (κ3) is 5.12. The summed E-state index contributed by atoms with van der Waals surface area (Å²) in [7, 11) is -4.10. The molecule has 1 fully saturated rings. The van der Waals surface area contributed by atoms with Gasteiger partial charge < -0.3 is 10.6 Å². The molecule has 2 amide bonds. The molecule has 0 radical (unpaired) electrons. The molecule has 32 heavy (non-hydrogen) atoms. The summed E-state index contributed by atoms with van der Waals surface area (Å²) >= 11 is 0. The Kier molecular flexibility index (Phi) is 5.91. The minimum absolute atomic E-state index is 0.108. The molecule has 1 aliphatic carbocycles. The maximum Gasteiger partial charge on any atom is 0.262 e. The summed E-state index contributed by atoms with van der Waals surface area (Å²) in [4.78, 5) is 24.5. The highest BCUT2D eigenvalue weighted by atomic mass is 32.2. The van der Waals surface area contributed by atoms with E-state index in [1.165, 1.54) is 42.5 Å². The summed E-state index contributed by atoms with van der Waals surface area (Å²) in [5.41, 5.74) is 0.864. The Balaban J connectivity index is 1.46. The highest BCUT2D eigenvalue weighted by Gasteiger charge is 2.23. The second kappa shape index (κ2) is 8.80. The van der Waals surface area contributed by atoms with Gasteiger partial charge in [0.1, 0.15) is 5.82 Å². The number of hydrogen-bond donors (Lipinski definition) is 3. The Hall–Kier alpha value is -3.72. The lowest BCUT2D eigenvalue weighted by atomic mass is 10.1. The predicted molar refractivity (Wildman–Crippen MR) is 119 cm³/mol. The van der Waals surface area contributed by atoms with Crippen molar-refractivity contribution in [3.63, 3.8) is 0 Å². The summed E-state index contributed by atoms with van der Waals surface area (Å²) in [6, 6.07) is 17.5. The van der Waals surface area contributed by atoms with E-state index in [2.05, 4.69) is 15.4 Å². The molecule has 7 nitrogen and oxygen atoms in total. The molecule has 0 saturated heterocycles. The van der Waals surface area contributed by atoms with Crippen molar-refractivity contribution in [3.8, 4) is 0 Å². The molecule has 0 aromatic heterocycles. The fraction of sp³-hybridized carbons (Fsp3) is 0.130. The van der Waals surface area contributed by atoms with Crippen LogP contribution in [-0.2, 0) is 10.0 Å². The van der Waals surface area contributed by atoms with Gasteiger partial charge in [0.2, 0.25) is 0 Å². The fourth-order valence-electron chi connectivity index (χ4n) is 2.96. The summed E-state index contributed by atoms with van der Waals surface area (Å²) in [6.07, 6.45) is 1.98. The summed E-state index contributed by atoms with van der Waals surface area (Å²) in [6.45, 7) is 0. The van der Waals surface area contributed by atoms with E-state index in [-0.39, 0.29) is 28.1 Å². The van der Waals surface area contributed by atoms with Crippen molar-refractivity contribution in [2.45, 2.75) is 23.8 Å². The molecule has 3 aromatic carbocycles. The first-order chi connectivity index (χ1) is 15.3. The Labute approximate surface area is 184 Å². The average Bonchev–Trinajstić information content (AvgIpc) is 3.60. The van der Waals surface area contributed by atoms with Crippen molar-refractivity contribution in [1.82, 2.24) is 5.32 Å². The van der Waals surface area contributed by atoms with Gasteiger partial charge in [-0.2, -0.15) is 0 Å². The Morgan fingerprint density at radius 3 is 2.25 bits per heavy atom. The topological polar surface area (TPSA) is 104 Å². The van der Waals surface area contributed by atoms with Crippen LogP contribution >= 0.6 is 0 Å². The van der Waals surface area contributed by atoms with E-state index in [1.54, 1.807) is 24.3 Å². The van der Waals surface area contributed by atoms with Gasteiger partial charge in [-0.25, -0.2) is 12.8 Å². The van der Waals surface area contributed by atoms with Gasteiger partial charge in [-0.05, 0) is 67.4 Å². The predicted octanol–water partition coefficient (Wildman–Crippen LogP) is 3.77. The quantitative estimate of drug-likeness (QED) is 0.507. The molecule has 9 heteroatoms. The summed E-state index contributed by atoms with van der Waals surface area (Å²) < 4.78 is 41.2. The van der Waals surface area contributed by atoms with E-state index in [9.17, 15) is 22.4 Å². The molecule has 0 aliphatic heterocycles. The van der Waals surface area contributed by atoms with E-state index < -0.39 is 21.7 Å². The molecule has 164 valence electrons. The van der Waals surface area contributed by atoms with E-state index >= 15 is 0 Å². The Morgan fingerprint density at radius 2 is 1.56 bits per heavy atom. The van der Waals surface area contributed by atoms with Crippen molar-refractivity contribution < 1.29 is 22.4 Å². The number of nitrogens with one attached hydrogen (secondary N) is 3. The first-order valence-corrected chi connectivity index (χ1v) is 11.4. The van der Waals surface area contributed by atoms with Gasteiger partial charge in [-0.15, -0.1) is 0 Å². The molecular formula is C23H20FN3O4S. The largest absolute Gasteiger partial charge is 0.349 e. The highest BCUT2D eigenvalue weighted by molar-refractivity contribution is 7.92. The van der Waals surface area contributed by atoms with Gasteiger partial charge in [0.25, 0.3) is 21.8 Å². The smallest absolute Gasteiger partial charge is 0.262 e. The fourth-order valence-corrected chi connectivity index (χ4v) is 4.07. The monoisotopic (exact) mass is 453 g/mol. The van der Waals surface area contributed by atoms with Gasteiger partial charge in [0, 0.05) is 22.9 Å². The van der Waals surface area contributed by atoms with Crippen molar-refractivity contribution in [2.75, 3.05) is 10.0 Å². The van der Waals surface area contributed by atoms with Crippen LogP contribution in [0.25, 0.3) is 0 Å². The van der Waals surface area contributed by atoms with Gasteiger partial charge in [0.15, 0.2) is 0 Å². The van der Waals surface area contributed by atoms with Crippen molar-refractivity contribution in [2.24, 2.45) is 0 Å². The average molecular weight is 453 g/mol. The number of halogens is 1. The van der Waals surface area contributed by atoms with E-state index in [0.29, 0.717) is 11.3 Å². The van der Waals surface area contributed by atoms with Crippen molar-refractivity contribution >= 4 is 33.2 Å². The maximum absolute atomic E-state index is 13.8. The number of rotatable bonds is 7. The number of anilines is 2. The van der Waals surface area contributed by atoms with E-state index in [1.807, 2.05) is 0 Å². The molecule has 3 aromatic rings. The number of hydrogen-bond acceptors (Lipinski definition) is 4. The van der Waals surface area contributed by atoms with Gasteiger partial charge in [-0.1, -0.05) is 18.2 Å². The zero-order valence-corrected chi connectivity index (χ0v) is 17.7. The molecule has 3 N–H and O–H groups in total. The second-order valence-corrected chi connectivity index (χ2v) is 9.07. The zero-order chi connectivity index (χ0) is 22.7.